The topological polar surface area (TPSA) is 116 Å². The number of rotatable bonds is 4. The Balaban J connectivity index is 0.000000537. The summed E-state index contributed by atoms with van der Waals surface area (Å²) in [6, 6.07) is 18.0. The van der Waals surface area contributed by atoms with E-state index in [1.54, 1.807) is 29.4 Å². The standard InChI is InChI=1S/C20H19N2OS.ClHO4/c1-16(23)22(17-10-4-3-5-11-17)15-9-8-14-20-21(2)18-12-6-7-13-19(18)24-20;2-1(3,4)5/h3-15H,1-2H3;(H,2,3,4,5)/q+1;/p-1. The minimum atomic E-state index is -4.94. The number of halogens is 1. The number of amides is 1. The van der Waals surface area contributed by atoms with Gasteiger partial charge in [0.2, 0.25) is 11.4 Å². The van der Waals surface area contributed by atoms with Crippen molar-refractivity contribution in [3.05, 3.63) is 78.0 Å². The van der Waals surface area contributed by atoms with Crippen LogP contribution < -0.4 is 28.1 Å². The van der Waals surface area contributed by atoms with E-state index in [0.29, 0.717) is 0 Å². The van der Waals surface area contributed by atoms with Crippen LogP contribution in [-0.4, -0.2) is 5.91 Å². The molecular formula is C20H19ClN2O5S. The Labute approximate surface area is 174 Å². The highest BCUT2D eigenvalue weighted by Gasteiger charge is 2.13. The molecule has 2 aromatic carbocycles. The molecule has 0 radical (unpaired) electrons. The lowest BCUT2D eigenvalue weighted by molar-refractivity contribution is -2.00. The summed E-state index contributed by atoms with van der Waals surface area (Å²) in [4.78, 5) is 13.5. The van der Waals surface area contributed by atoms with Crippen LogP contribution in [0, 0.1) is 10.2 Å². The van der Waals surface area contributed by atoms with Gasteiger partial charge in [0.15, 0.2) is 0 Å². The molecule has 0 aliphatic heterocycles. The lowest BCUT2D eigenvalue weighted by atomic mass is 10.3. The van der Waals surface area contributed by atoms with E-state index in [4.69, 9.17) is 18.6 Å². The number of allylic oxidation sites excluding steroid dienone is 2. The van der Waals surface area contributed by atoms with Gasteiger partial charge in [0.05, 0.1) is 0 Å². The van der Waals surface area contributed by atoms with Crippen molar-refractivity contribution < 1.29 is 38.2 Å². The first-order chi connectivity index (χ1) is 13.7. The predicted molar refractivity (Wildman–Crippen MR) is 101 cm³/mol. The first kappa shape index (κ1) is 22.7. The van der Waals surface area contributed by atoms with Crippen molar-refractivity contribution in [1.29, 1.82) is 0 Å². The van der Waals surface area contributed by atoms with Gasteiger partial charge in [0.25, 0.3) is 5.01 Å². The fraction of sp³-hybridized carbons (Fsp3) is 0.100. The van der Waals surface area contributed by atoms with Crippen molar-refractivity contribution in [3.8, 4) is 0 Å². The number of benzene rings is 2. The molecule has 0 atom stereocenters. The van der Waals surface area contributed by atoms with E-state index in [2.05, 4.69) is 35.9 Å². The maximum absolute atomic E-state index is 11.8. The summed E-state index contributed by atoms with van der Waals surface area (Å²) in [7, 11) is -2.88. The van der Waals surface area contributed by atoms with Gasteiger partial charge in [0.1, 0.15) is 11.7 Å². The second-order valence-electron chi connectivity index (χ2n) is 5.77. The molecule has 0 bridgehead atoms. The first-order valence-corrected chi connectivity index (χ1v) is 10.4. The minimum Gasteiger partial charge on any atom is -0.288 e. The van der Waals surface area contributed by atoms with Crippen molar-refractivity contribution >= 4 is 39.2 Å². The molecule has 9 heteroatoms. The summed E-state index contributed by atoms with van der Waals surface area (Å²) < 4.78 is 37.4. The highest BCUT2D eigenvalue weighted by Crippen LogP contribution is 2.20. The normalized spacial score (nSPS) is 11.7. The molecule has 152 valence electrons. The molecule has 1 heterocycles. The quantitative estimate of drug-likeness (QED) is 0.407. The smallest absolute Gasteiger partial charge is 0.262 e. The zero-order chi connectivity index (χ0) is 21.4. The van der Waals surface area contributed by atoms with Crippen molar-refractivity contribution in [1.82, 2.24) is 0 Å². The van der Waals surface area contributed by atoms with E-state index in [1.165, 1.54) is 10.2 Å². The third kappa shape index (κ3) is 7.39. The van der Waals surface area contributed by atoms with E-state index < -0.39 is 10.2 Å². The van der Waals surface area contributed by atoms with Gasteiger partial charge in [-0.2, -0.15) is 4.57 Å². The molecule has 1 amide bonds. The van der Waals surface area contributed by atoms with Gasteiger partial charge < -0.3 is 0 Å². The number of carbonyl (C=O) groups is 1. The number of hydrogen-bond donors (Lipinski definition) is 0. The lowest BCUT2D eigenvalue weighted by Gasteiger charge is -2.17. The van der Waals surface area contributed by atoms with Crippen LogP contribution in [0.5, 0.6) is 0 Å². The van der Waals surface area contributed by atoms with Crippen LogP contribution >= 0.6 is 11.3 Å². The van der Waals surface area contributed by atoms with E-state index in [1.807, 2.05) is 48.6 Å². The predicted octanol–water partition coefficient (Wildman–Crippen LogP) is -0.450. The van der Waals surface area contributed by atoms with Gasteiger partial charge in [-0.3, -0.25) is 9.69 Å². The average Bonchev–Trinajstić information content (AvgIpc) is 2.97. The Bertz CT molecular complexity index is 1010. The Morgan fingerprint density at radius 2 is 1.59 bits per heavy atom. The molecule has 0 N–H and O–H groups in total. The fourth-order valence-corrected chi connectivity index (χ4v) is 3.56. The second kappa shape index (κ2) is 10.3. The van der Waals surface area contributed by atoms with Crippen LogP contribution in [0.2, 0.25) is 0 Å². The Hall–Kier alpha value is -2.59. The number of carbonyl (C=O) groups excluding carboxylic acids is 1. The van der Waals surface area contributed by atoms with Crippen LogP contribution in [0.4, 0.5) is 5.69 Å². The Morgan fingerprint density at radius 1 is 1.00 bits per heavy atom. The number of hydrogen-bond acceptors (Lipinski definition) is 6. The SMILES string of the molecule is CC(=O)N(/C=C/C=C/c1sc2ccccc2[n+]1C)c1ccccc1.[O-][Cl+3]([O-])([O-])[O-]. The van der Waals surface area contributed by atoms with Crippen LogP contribution in [0.3, 0.4) is 0 Å². The summed E-state index contributed by atoms with van der Waals surface area (Å²) in [5.41, 5.74) is 2.09. The molecule has 0 aliphatic rings. The first-order valence-electron chi connectivity index (χ1n) is 8.36. The van der Waals surface area contributed by atoms with Gasteiger partial charge in [0, 0.05) is 31.0 Å². The van der Waals surface area contributed by atoms with Gasteiger partial charge in [-0.1, -0.05) is 47.7 Å². The van der Waals surface area contributed by atoms with Crippen LogP contribution in [0.1, 0.15) is 11.9 Å². The van der Waals surface area contributed by atoms with Crippen LogP contribution in [0.15, 0.2) is 72.9 Å². The number of nitrogens with zero attached hydrogens (tertiary/aromatic N) is 2. The molecule has 0 unspecified atom stereocenters. The Morgan fingerprint density at radius 3 is 2.17 bits per heavy atom. The van der Waals surface area contributed by atoms with Crippen molar-refractivity contribution in [2.75, 3.05) is 4.90 Å². The Kier molecular flexibility index (Phi) is 8.03. The largest absolute Gasteiger partial charge is 0.288 e. The van der Waals surface area contributed by atoms with Gasteiger partial charge in [-0.05, 0) is 24.3 Å². The summed E-state index contributed by atoms with van der Waals surface area (Å²) in [6.07, 6.45) is 7.70. The number of para-hydroxylation sites is 2. The zero-order valence-electron chi connectivity index (χ0n) is 15.7. The molecule has 3 aromatic rings. The molecule has 29 heavy (non-hydrogen) atoms. The maximum Gasteiger partial charge on any atom is 0.262 e. The molecule has 0 saturated carbocycles. The minimum absolute atomic E-state index is 0.0155. The van der Waals surface area contributed by atoms with Gasteiger partial charge in [-0.15, -0.1) is 10.2 Å². The number of anilines is 1. The maximum atomic E-state index is 11.8. The number of aromatic nitrogens is 1. The molecule has 3 rings (SSSR count). The summed E-state index contributed by atoms with van der Waals surface area (Å²) >= 11 is 1.75. The number of aryl methyl sites for hydroxylation is 1. The lowest BCUT2D eigenvalue weighted by Crippen LogP contribution is -2.68. The van der Waals surface area contributed by atoms with Crippen LogP contribution in [-0.2, 0) is 11.8 Å². The zero-order valence-corrected chi connectivity index (χ0v) is 17.3. The van der Waals surface area contributed by atoms with Crippen LogP contribution in [0.25, 0.3) is 16.3 Å². The summed E-state index contributed by atoms with van der Waals surface area (Å²) in [5, 5.41) is 1.16. The number of thiazole rings is 1. The molecule has 0 fully saturated rings. The van der Waals surface area contributed by atoms with Gasteiger partial charge in [-0.25, -0.2) is 18.6 Å². The van der Waals surface area contributed by atoms with Gasteiger partial charge >= 0.3 is 0 Å². The van der Waals surface area contributed by atoms with E-state index in [9.17, 15) is 4.79 Å². The van der Waals surface area contributed by atoms with E-state index in [-0.39, 0.29) is 5.91 Å². The van der Waals surface area contributed by atoms with E-state index >= 15 is 0 Å². The fourth-order valence-electron chi connectivity index (χ4n) is 2.50. The van der Waals surface area contributed by atoms with Crippen molar-refractivity contribution in [3.63, 3.8) is 0 Å². The average molecular weight is 435 g/mol. The molecular weight excluding hydrogens is 416 g/mol. The summed E-state index contributed by atoms with van der Waals surface area (Å²) in [6.45, 7) is 1.56. The third-order valence-corrected chi connectivity index (χ3v) is 4.91. The van der Waals surface area contributed by atoms with Crippen molar-refractivity contribution in [2.24, 2.45) is 7.05 Å². The molecule has 0 spiro atoms. The molecule has 0 saturated heterocycles. The molecule has 1 aromatic heterocycles. The highest BCUT2D eigenvalue weighted by molar-refractivity contribution is 7.18. The second-order valence-corrected chi connectivity index (χ2v) is 7.59. The molecule has 7 nitrogen and oxygen atoms in total. The van der Waals surface area contributed by atoms with Crippen molar-refractivity contribution in [2.45, 2.75) is 6.92 Å². The van der Waals surface area contributed by atoms with E-state index in [0.717, 1.165) is 10.7 Å². The number of fused-ring (bicyclic) bond motifs is 1. The monoisotopic (exact) mass is 434 g/mol. The third-order valence-electron chi connectivity index (χ3n) is 3.73. The molecule has 0 aliphatic carbocycles. The summed E-state index contributed by atoms with van der Waals surface area (Å²) in [5.74, 6) is -0.0155. The highest BCUT2D eigenvalue weighted by atomic mass is 35.7.